The quantitative estimate of drug-likeness (QED) is 0.879. The summed E-state index contributed by atoms with van der Waals surface area (Å²) >= 11 is 0. The molecule has 1 aliphatic heterocycles. The van der Waals surface area contributed by atoms with E-state index in [1.165, 1.54) is 11.3 Å². The molecule has 1 aliphatic rings. The van der Waals surface area contributed by atoms with Gasteiger partial charge in [0.15, 0.2) is 11.8 Å². The van der Waals surface area contributed by atoms with Crippen molar-refractivity contribution in [3.8, 4) is 0 Å². The molecule has 2 N–H and O–H groups in total. The maximum atomic E-state index is 13.3. The molecule has 0 bridgehead atoms. The first-order valence-electron chi connectivity index (χ1n) is 8.26. The maximum Gasteiger partial charge on any atom is 0.251 e. The molecule has 0 unspecified atom stereocenters. The van der Waals surface area contributed by atoms with Crippen LogP contribution in [0.25, 0.3) is 0 Å². The van der Waals surface area contributed by atoms with Crippen LogP contribution in [0.5, 0.6) is 0 Å². The zero-order chi connectivity index (χ0) is 16.9. The number of benzene rings is 1. The van der Waals surface area contributed by atoms with E-state index in [2.05, 4.69) is 5.32 Å². The number of halogens is 2. The van der Waals surface area contributed by atoms with Crippen LogP contribution >= 0.6 is 0 Å². The minimum Gasteiger partial charge on any atom is -0.463 e. The number of rotatable bonds is 5. The van der Waals surface area contributed by atoms with Crippen molar-refractivity contribution in [1.29, 1.82) is 0 Å². The Balaban J connectivity index is 1.69. The molecule has 0 saturated carbocycles. The molecule has 1 saturated heterocycles. The molecule has 2 aromatic rings. The monoisotopic (exact) mass is 335 g/mol. The molecule has 1 fully saturated rings. The Labute approximate surface area is 139 Å². The van der Waals surface area contributed by atoms with Gasteiger partial charge in [0.1, 0.15) is 11.6 Å². The van der Waals surface area contributed by atoms with Crippen LogP contribution in [-0.2, 0) is 0 Å². The van der Waals surface area contributed by atoms with Gasteiger partial charge < -0.3 is 14.6 Å². The van der Waals surface area contributed by atoms with Crippen LogP contribution in [0.2, 0.25) is 0 Å². The van der Waals surface area contributed by atoms with Gasteiger partial charge in [-0.15, -0.1) is 0 Å². The number of carbonyl (C=O) groups excluding carboxylic acids is 1. The third kappa shape index (κ3) is 4.00. The zero-order valence-electron chi connectivity index (χ0n) is 13.4. The largest absolute Gasteiger partial charge is 0.463 e. The zero-order valence-corrected chi connectivity index (χ0v) is 13.4. The Morgan fingerprint density at radius 2 is 1.88 bits per heavy atom. The van der Waals surface area contributed by atoms with Gasteiger partial charge in [0.2, 0.25) is 0 Å². The highest BCUT2D eigenvalue weighted by Gasteiger charge is 2.28. The highest BCUT2D eigenvalue weighted by Crippen LogP contribution is 2.12. The van der Waals surface area contributed by atoms with Gasteiger partial charge in [-0.2, -0.15) is 0 Å². The van der Waals surface area contributed by atoms with Crippen molar-refractivity contribution in [2.24, 2.45) is 0 Å². The van der Waals surface area contributed by atoms with E-state index in [-0.39, 0.29) is 11.6 Å². The standard InChI is InChI=1S/C18H20F2N2O2/c19-14-9-13(10-15(20)11-14)18(23)21-12-16(17-5-4-8-24-17)22-6-2-1-3-7-22/h4-5,8-11,16H,1-3,6-7,12H2,(H,21,23)/p+1/t16-/m0/s1. The summed E-state index contributed by atoms with van der Waals surface area (Å²) in [6, 6.07) is 6.56. The fourth-order valence-electron chi connectivity index (χ4n) is 3.27. The van der Waals surface area contributed by atoms with Crippen molar-refractivity contribution in [2.45, 2.75) is 25.3 Å². The normalized spacial score (nSPS) is 16.8. The fourth-order valence-corrected chi connectivity index (χ4v) is 3.27. The smallest absolute Gasteiger partial charge is 0.251 e. The molecule has 128 valence electrons. The predicted molar refractivity (Wildman–Crippen MR) is 84.7 cm³/mol. The second kappa shape index (κ2) is 7.57. The topological polar surface area (TPSA) is 46.7 Å². The van der Waals surface area contributed by atoms with E-state index in [1.54, 1.807) is 6.26 Å². The molecular formula is C18H21F2N2O2+. The number of nitrogens with one attached hydrogen (secondary N) is 2. The highest BCUT2D eigenvalue weighted by molar-refractivity contribution is 5.94. The summed E-state index contributed by atoms with van der Waals surface area (Å²) < 4.78 is 32.1. The van der Waals surface area contributed by atoms with E-state index < -0.39 is 17.5 Å². The predicted octanol–water partition coefficient (Wildman–Crippen LogP) is 2.10. The maximum absolute atomic E-state index is 13.3. The lowest BCUT2D eigenvalue weighted by Crippen LogP contribution is -3.13. The molecule has 24 heavy (non-hydrogen) atoms. The number of hydrogen-bond acceptors (Lipinski definition) is 2. The SMILES string of the molecule is O=C(NC[C@@H](c1ccco1)[NH+]1CCCCC1)c1cc(F)cc(F)c1. The van der Waals surface area contributed by atoms with Crippen molar-refractivity contribution < 1.29 is 22.9 Å². The number of hydrogen-bond donors (Lipinski definition) is 2. The van der Waals surface area contributed by atoms with Crippen LogP contribution in [-0.4, -0.2) is 25.5 Å². The molecule has 1 amide bonds. The Morgan fingerprint density at radius 3 is 2.50 bits per heavy atom. The number of furan rings is 1. The van der Waals surface area contributed by atoms with Crippen molar-refractivity contribution in [3.63, 3.8) is 0 Å². The first kappa shape index (κ1) is 16.6. The van der Waals surface area contributed by atoms with Crippen LogP contribution < -0.4 is 10.2 Å². The lowest BCUT2D eigenvalue weighted by Gasteiger charge is -2.30. The summed E-state index contributed by atoms with van der Waals surface area (Å²) in [5.74, 6) is -1.19. The average Bonchev–Trinajstić information content (AvgIpc) is 3.09. The van der Waals surface area contributed by atoms with E-state index in [0.717, 1.165) is 49.9 Å². The molecule has 2 heterocycles. The van der Waals surface area contributed by atoms with E-state index in [0.29, 0.717) is 6.54 Å². The molecule has 1 atom stereocenters. The van der Waals surface area contributed by atoms with Crippen LogP contribution in [0.4, 0.5) is 8.78 Å². The summed E-state index contributed by atoms with van der Waals surface area (Å²) in [6.45, 7) is 2.41. The van der Waals surface area contributed by atoms with Gasteiger partial charge in [0.05, 0.1) is 25.9 Å². The summed E-state index contributed by atoms with van der Waals surface area (Å²) in [5, 5.41) is 2.79. The first-order valence-corrected chi connectivity index (χ1v) is 8.26. The van der Waals surface area contributed by atoms with E-state index in [1.807, 2.05) is 12.1 Å². The Kier molecular flexibility index (Phi) is 5.25. The van der Waals surface area contributed by atoms with Gasteiger partial charge in [0.25, 0.3) is 5.91 Å². The lowest BCUT2D eigenvalue weighted by molar-refractivity contribution is -0.936. The molecule has 3 rings (SSSR count). The third-order valence-electron chi connectivity index (χ3n) is 4.47. The molecule has 1 aromatic carbocycles. The molecule has 6 heteroatoms. The second-order valence-electron chi connectivity index (χ2n) is 6.16. The molecule has 1 aromatic heterocycles. The van der Waals surface area contributed by atoms with Crippen LogP contribution in [0.15, 0.2) is 41.0 Å². The van der Waals surface area contributed by atoms with Crippen LogP contribution in [0.3, 0.4) is 0 Å². The lowest BCUT2D eigenvalue weighted by atomic mass is 10.1. The van der Waals surface area contributed by atoms with Gasteiger partial charge in [-0.05, 0) is 43.5 Å². The van der Waals surface area contributed by atoms with Crippen molar-refractivity contribution in [1.82, 2.24) is 5.32 Å². The highest BCUT2D eigenvalue weighted by atomic mass is 19.1. The van der Waals surface area contributed by atoms with Gasteiger partial charge in [0, 0.05) is 11.6 Å². The summed E-state index contributed by atoms with van der Waals surface area (Å²) in [7, 11) is 0. The molecular weight excluding hydrogens is 314 g/mol. The average molecular weight is 335 g/mol. The molecule has 0 radical (unpaired) electrons. The van der Waals surface area contributed by atoms with Crippen LogP contribution in [0.1, 0.15) is 41.4 Å². The number of likely N-dealkylation sites (tertiary alicyclic amines) is 1. The molecule has 4 nitrogen and oxygen atoms in total. The van der Waals surface area contributed by atoms with E-state index in [9.17, 15) is 13.6 Å². The van der Waals surface area contributed by atoms with Gasteiger partial charge >= 0.3 is 0 Å². The van der Waals surface area contributed by atoms with Gasteiger partial charge in [-0.1, -0.05) is 0 Å². The number of piperidine rings is 1. The third-order valence-corrected chi connectivity index (χ3v) is 4.47. The van der Waals surface area contributed by atoms with E-state index >= 15 is 0 Å². The first-order chi connectivity index (χ1) is 11.6. The summed E-state index contributed by atoms with van der Waals surface area (Å²) in [4.78, 5) is 13.6. The number of quaternary nitrogens is 1. The Hall–Kier alpha value is -2.21. The minimum absolute atomic E-state index is 0.00246. The van der Waals surface area contributed by atoms with Gasteiger partial charge in [-0.3, -0.25) is 4.79 Å². The van der Waals surface area contributed by atoms with Crippen LogP contribution in [0, 0.1) is 11.6 Å². The molecule has 0 aliphatic carbocycles. The molecule has 0 spiro atoms. The van der Waals surface area contributed by atoms with Crippen molar-refractivity contribution >= 4 is 5.91 Å². The van der Waals surface area contributed by atoms with Crippen molar-refractivity contribution in [2.75, 3.05) is 19.6 Å². The van der Waals surface area contributed by atoms with Crippen molar-refractivity contribution in [3.05, 3.63) is 59.6 Å². The number of carbonyl (C=O) groups is 1. The summed E-state index contributed by atoms with van der Waals surface area (Å²) in [5.41, 5.74) is -0.0145. The second-order valence-corrected chi connectivity index (χ2v) is 6.16. The summed E-state index contributed by atoms with van der Waals surface area (Å²) in [6.07, 6.45) is 5.14. The van der Waals surface area contributed by atoms with Gasteiger partial charge in [-0.25, -0.2) is 8.78 Å². The van der Waals surface area contributed by atoms with E-state index in [4.69, 9.17) is 4.42 Å². The minimum atomic E-state index is -0.760. The fraction of sp³-hybridized carbons (Fsp3) is 0.389. The number of amides is 1. The Bertz CT molecular complexity index is 662. The Morgan fingerprint density at radius 1 is 1.17 bits per heavy atom.